The molecule has 0 aliphatic heterocycles. The number of nitrogens with two attached hydrogens (primary N) is 1. The summed E-state index contributed by atoms with van der Waals surface area (Å²) in [6.07, 6.45) is 2.05. The first-order valence-electron chi connectivity index (χ1n) is 10.4. The quantitative estimate of drug-likeness (QED) is 0.355. The Labute approximate surface area is 185 Å². The van der Waals surface area contributed by atoms with Crippen LogP contribution in [0.3, 0.4) is 0 Å². The largest absolute Gasteiger partial charge is 0.489 e. The molecule has 4 rings (SSSR count). The summed E-state index contributed by atoms with van der Waals surface area (Å²) >= 11 is 0. The molecule has 0 radical (unpaired) electrons. The molecule has 1 aromatic heterocycles. The molecular formula is C26H25NO5. The van der Waals surface area contributed by atoms with E-state index in [1.165, 1.54) is 0 Å². The standard InChI is InChI=1S/C26H25NO5/c27-23(8-10-28)19-6-3-5-18(14-19)22-13-17(12-21-9-11-31-26(21)22)16-32-24-7-2-1-4-20(24)15-25(29)30/h1-7,9,11-14,23,28H,8,10,15-16,27H2,(H,29,30)/t23-/m1/s1. The molecule has 0 saturated heterocycles. The molecule has 0 aliphatic rings. The van der Waals surface area contributed by atoms with Gasteiger partial charge in [0, 0.05) is 29.2 Å². The van der Waals surface area contributed by atoms with Crippen molar-refractivity contribution in [2.75, 3.05) is 6.61 Å². The number of carboxylic acids is 1. The number of aliphatic hydroxyl groups is 1. The normalized spacial score (nSPS) is 12.1. The van der Waals surface area contributed by atoms with E-state index in [2.05, 4.69) is 0 Å². The molecule has 0 spiro atoms. The van der Waals surface area contributed by atoms with Crippen LogP contribution in [0.5, 0.6) is 5.75 Å². The average molecular weight is 431 g/mol. The molecule has 6 nitrogen and oxygen atoms in total. The van der Waals surface area contributed by atoms with Crippen molar-refractivity contribution >= 4 is 16.9 Å². The molecule has 1 heterocycles. The number of aliphatic carboxylic acids is 1. The molecule has 3 aromatic carbocycles. The van der Waals surface area contributed by atoms with E-state index in [9.17, 15) is 9.90 Å². The Morgan fingerprint density at radius 2 is 1.91 bits per heavy atom. The van der Waals surface area contributed by atoms with Crippen LogP contribution < -0.4 is 10.5 Å². The number of fused-ring (bicyclic) bond motifs is 1. The maximum absolute atomic E-state index is 11.1. The van der Waals surface area contributed by atoms with Crippen LogP contribution >= 0.6 is 0 Å². The summed E-state index contributed by atoms with van der Waals surface area (Å²) in [5.74, 6) is -0.344. The van der Waals surface area contributed by atoms with E-state index in [0.717, 1.165) is 33.2 Å². The van der Waals surface area contributed by atoms with Gasteiger partial charge in [-0.25, -0.2) is 0 Å². The van der Waals surface area contributed by atoms with Gasteiger partial charge in [0.1, 0.15) is 17.9 Å². The van der Waals surface area contributed by atoms with Crippen LogP contribution in [0.15, 0.2) is 77.4 Å². The summed E-state index contributed by atoms with van der Waals surface area (Å²) in [4.78, 5) is 11.1. The molecule has 6 heteroatoms. The Balaban J connectivity index is 1.65. The second-order valence-corrected chi connectivity index (χ2v) is 7.69. The van der Waals surface area contributed by atoms with Crippen LogP contribution in [0, 0.1) is 0 Å². The third kappa shape index (κ3) is 4.82. The highest BCUT2D eigenvalue weighted by Gasteiger charge is 2.13. The first-order chi connectivity index (χ1) is 15.5. The molecule has 0 amide bonds. The monoisotopic (exact) mass is 431 g/mol. The summed E-state index contributed by atoms with van der Waals surface area (Å²) in [7, 11) is 0. The zero-order valence-corrected chi connectivity index (χ0v) is 17.5. The van der Waals surface area contributed by atoms with Crippen LogP contribution in [-0.2, 0) is 17.8 Å². The Morgan fingerprint density at radius 3 is 2.72 bits per heavy atom. The van der Waals surface area contributed by atoms with Gasteiger partial charge in [-0.1, -0.05) is 36.4 Å². The molecule has 32 heavy (non-hydrogen) atoms. The Morgan fingerprint density at radius 1 is 1.06 bits per heavy atom. The molecule has 0 fully saturated rings. The predicted octanol–water partition coefficient (Wildman–Crippen LogP) is 4.69. The topological polar surface area (TPSA) is 106 Å². The van der Waals surface area contributed by atoms with Crippen molar-refractivity contribution in [2.45, 2.75) is 25.5 Å². The van der Waals surface area contributed by atoms with Gasteiger partial charge < -0.3 is 25.1 Å². The summed E-state index contributed by atoms with van der Waals surface area (Å²) < 4.78 is 11.7. The van der Waals surface area contributed by atoms with Crippen LogP contribution in [0.1, 0.15) is 29.2 Å². The minimum atomic E-state index is -0.901. The molecular weight excluding hydrogens is 406 g/mol. The SMILES string of the molecule is N[C@H](CCO)c1cccc(-c2cc(COc3ccccc3CC(=O)O)cc3ccoc23)c1. The van der Waals surface area contributed by atoms with Crippen molar-refractivity contribution in [1.82, 2.24) is 0 Å². The van der Waals surface area contributed by atoms with E-state index >= 15 is 0 Å². The molecule has 1 atom stereocenters. The molecule has 4 N–H and O–H groups in total. The lowest BCUT2D eigenvalue weighted by Gasteiger charge is -2.14. The lowest BCUT2D eigenvalue weighted by molar-refractivity contribution is -0.136. The van der Waals surface area contributed by atoms with Crippen molar-refractivity contribution < 1.29 is 24.2 Å². The Hall–Kier alpha value is -3.61. The highest BCUT2D eigenvalue weighted by Crippen LogP contribution is 2.33. The van der Waals surface area contributed by atoms with Gasteiger partial charge in [0.05, 0.1) is 12.7 Å². The molecule has 0 aliphatic carbocycles. The maximum Gasteiger partial charge on any atom is 0.307 e. The molecule has 4 aromatic rings. The lowest BCUT2D eigenvalue weighted by Crippen LogP contribution is -2.11. The molecule has 0 unspecified atom stereocenters. The van der Waals surface area contributed by atoms with Gasteiger partial charge >= 0.3 is 5.97 Å². The number of rotatable bonds is 9. The van der Waals surface area contributed by atoms with Gasteiger partial charge in [-0.05, 0) is 53.4 Å². The fourth-order valence-corrected chi connectivity index (χ4v) is 3.80. The van der Waals surface area contributed by atoms with Crippen molar-refractivity contribution in [3.8, 4) is 16.9 Å². The van der Waals surface area contributed by atoms with Gasteiger partial charge in [-0.15, -0.1) is 0 Å². The lowest BCUT2D eigenvalue weighted by atomic mass is 9.96. The van der Waals surface area contributed by atoms with E-state index in [0.29, 0.717) is 17.7 Å². The highest BCUT2D eigenvalue weighted by molar-refractivity contribution is 5.93. The summed E-state index contributed by atoms with van der Waals surface area (Å²) in [5.41, 5.74) is 11.4. The maximum atomic E-state index is 11.1. The van der Waals surface area contributed by atoms with Gasteiger partial charge in [-0.3, -0.25) is 4.79 Å². The molecule has 0 saturated carbocycles. The zero-order valence-electron chi connectivity index (χ0n) is 17.5. The minimum absolute atomic E-state index is 0.0317. The van der Waals surface area contributed by atoms with Crippen LogP contribution in [0.4, 0.5) is 0 Å². The number of carbonyl (C=O) groups is 1. The second-order valence-electron chi connectivity index (χ2n) is 7.69. The zero-order chi connectivity index (χ0) is 22.5. The fraction of sp³-hybridized carbons (Fsp3) is 0.192. The Kier molecular flexibility index (Phi) is 6.54. The number of hydrogen-bond donors (Lipinski definition) is 3. The van der Waals surface area contributed by atoms with E-state index in [-0.39, 0.29) is 25.7 Å². The third-order valence-corrected chi connectivity index (χ3v) is 5.39. The number of benzene rings is 3. The number of hydrogen-bond acceptors (Lipinski definition) is 5. The van der Waals surface area contributed by atoms with Crippen molar-refractivity contribution in [1.29, 1.82) is 0 Å². The summed E-state index contributed by atoms with van der Waals surface area (Å²) in [6, 6.07) is 20.8. The summed E-state index contributed by atoms with van der Waals surface area (Å²) in [6.45, 7) is 0.318. The van der Waals surface area contributed by atoms with Crippen molar-refractivity contribution in [3.63, 3.8) is 0 Å². The minimum Gasteiger partial charge on any atom is -0.489 e. The number of carboxylic acid groups (broad SMARTS) is 1. The Bertz CT molecular complexity index is 1230. The second kappa shape index (κ2) is 9.68. The first kappa shape index (κ1) is 21.6. The van der Waals surface area contributed by atoms with Gasteiger partial charge in [-0.2, -0.15) is 0 Å². The smallest absolute Gasteiger partial charge is 0.307 e. The van der Waals surface area contributed by atoms with Gasteiger partial charge in [0.15, 0.2) is 0 Å². The van der Waals surface area contributed by atoms with Crippen molar-refractivity contribution in [2.24, 2.45) is 5.73 Å². The van der Waals surface area contributed by atoms with Gasteiger partial charge in [0.2, 0.25) is 0 Å². The highest BCUT2D eigenvalue weighted by atomic mass is 16.5. The third-order valence-electron chi connectivity index (χ3n) is 5.39. The average Bonchev–Trinajstić information content (AvgIpc) is 3.26. The van der Waals surface area contributed by atoms with E-state index < -0.39 is 5.97 Å². The number of para-hydroxylation sites is 1. The number of aliphatic hydroxyl groups excluding tert-OH is 1. The van der Waals surface area contributed by atoms with E-state index in [4.69, 9.17) is 20.0 Å². The van der Waals surface area contributed by atoms with Crippen LogP contribution in [0.25, 0.3) is 22.1 Å². The molecule has 164 valence electrons. The number of furan rings is 1. The van der Waals surface area contributed by atoms with Crippen molar-refractivity contribution in [3.05, 3.63) is 89.7 Å². The summed E-state index contributed by atoms with van der Waals surface area (Å²) in [5, 5.41) is 19.3. The van der Waals surface area contributed by atoms with E-state index in [1.54, 1.807) is 24.5 Å². The fourth-order valence-electron chi connectivity index (χ4n) is 3.80. The van der Waals surface area contributed by atoms with Crippen LogP contribution in [0.2, 0.25) is 0 Å². The molecule has 0 bridgehead atoms. The number of ether oxygens (including phenoxy) is 1. The predicted molar refractivity (Wildman–Crippen MR) is 122 cm³/mol. The van der Waals surface area contributed by atoms with Crippen LogP contribution in [-0.4, -0.2) is 22.8 Å². The first-order valence-corrected chi connectivity index (χ1v) is 10.4. The van der Waals surface area contributed by atoms with E-state index in [1.807, 2.05) is 48.5 Å². The van der Waals surface area contributed by atoms with Gasteiger partial charge in [0.25, 0.3) is 0 Å².